The van der Waals surface area contributed by atoms with Crippen molar-refractivity contribution < 1.29 is 0 Å². The summed E-state index contributed by atoms with van der Waals surface area (Å²) in [6.07, 6.45) is 5.37. The van der Waals surface area contributed by atoms with Crippen LogP contribution in [-0.4, -0.2) is 6.54 Å². The predicted molar refractivity (Wildman–Crippen MR) is 63.1 cm³/mol. The molecule has 1 aromatic rings. The second-order valence-electron chi connectivity index (χ2n) is 5.35. The van der Waals surface area contributed by atoms with Crippen LogP contribution in [0.25, 0.3) is 0 Å². The normalized spacial score (nSPS) is 24.9. The van der Waals surface area contributed by atoms with Crippen LogP contribution in [0.2, 0.25) is 5.02 Å². The van der Waals surface area contributed by atoms with Crippen molar-refractivity contribution in [3.63, 3.8) is 0 Å². The van der Waals surface area contributed by atoms with Gasteiger partial charge in [0.05, 0.1) is 0 Å². The number of rotatable bonds is 2. The second kappa shape index (κ2) is 2.99. The molecule has 2 aliphatic carbocycles. The highest BCUT2D eigenvalue weighted by molar-refractivity contribution is 6.30. The van der Waals surface area contributed by atoms with Gasteiger partial charge in [-0.1, -0.05) is 23.7 Å². The van der Waals surface area contributed by atoms with E-state index < -0.39 is 0 Å². The maximum atomic E-state index is 6.03. The summed E-state index contributed by atoms with van der Waals surface area (Å²) in [5, 5.41) is 0.831. The Labute approximate surface area is 95.6 Å². The lowest BCUT2D eigenvalue weighted by Crippen LogP contribution is -2.48. The highest BCUT2D eigenvalue weighted by Gasteiger charge is 2.60. The van der Waals surface area contributed by atoms with Gasteiger partial charge in [0.25, 0.3) is 0 Å². The molecule has 2 saturated carbocycles. The van der Waals surface area contributed by atoms with Crippen molar-refractivity contribution in [1.29, 1.82) is 0 Å². The first-order valence-corrected chi connectivity index (χ1v) is 6.02. The van der Waals surface area contributed by atoms with Crippen molar-refractivity contribution in [3.8, 4) is 0 Å². The fourth-order valence-electron chi connectivity index (χ4n) is 3.20. The van der Waals surface area contributed by atoms with Gasteiger partial charge in [-0.25, -0.2) is 0 Å². The van der Waals surface area contributed by atoms with Crippen molar-refractivity contribution >= 4 is 11.6 Å². The van der Waals surface area contributed by atoms with Crippen LogP contribution in [-0.2, 0) is 5.41 Å². The van der Waals surface area contributed by atoms with Gasteiger partial charge in [0.15, 0.2) is 0 Å². The smallest absolute Gasteiger partial charge is 0.0408 e. The van der Waals surface area contributed by atoms with Gasteiger partial charge in [0, 0.05) is 17.0 Å². The SMILES string of the molecule is NCC1(c2cccc(Cl)c2)CC2(CC2)C1. The van der Waals surface area contributed by atoms with Crippen LogP contribution >= 0.6 is 11.6 Å². The van der Waals surface area contributed by atoms with Crippen LogP contribution in [0, 0.1) is 5.41 Å². The Kier molecular flexibility index (Phi) is 1.93. The minimum Gasteiger partial charge on any atom is -0.330 e. The largest absolute Gasteiger partial charge is 0.330 e. The summed E-state index contributed by atoms with van der Waals surface area (Å²) >= 11 is 6.03. The molecule has 2 fully saturated rings. The van der Waals surface area contributed by atoms with E-state index in [0.29, 0.717) is 5.41 Å². The van der Waals surface area contributed by atoms with Gasteiger partial charge in [0.1, 0.15) is 0 Å². The Balaban J connectivity index is 1.91. The summed E-state index contributed by atoms with van der Waals surface area (Å²) in [7, 11) is 0. The molecule has 2 heteroatoms. The number of nitrogens with two attached hydrogens (primary N) is 1. The number of benzene rings is 1. The molecule has 0 aliphatic heterocycles. The molecule has 80 valence electrons. The standard InChI is InChI=1S/C13H16ClN/c14-11-3-1-2-10(6-11)13(9-15)7-12(8-13)4-5-12/h1-3,6H,4-5,7-9,15H2. The lowest BCUT2D eigenvalue weighted by Gasteiger charge is -2.48. The summed E-state index contributed by atoms with van der Waals surface area (Å²) in [4.78, 5) is 0. The first kappa shape index (κ1) is 9.68. The third-order valence-electron chi connectivity index (χ3n) is 4.21. The zero-order valence-electron chi connectivity index (χ0n) is 8.80. The van der Waals surface area contributed by atoms with Gasteiger partial charge < -0.3 is 5.73 Å². The van der Waals surface area contributed by atoms with Crippen LogP contribution in [0.5, 0.6) is 0 Å². The highest BCUT2D eigenvalue weighted by Crippen LogP contribution is 2.68. The number of hydrogen-bond acceptors (Lipinski definition) is 1. The average molecular weight is 222 g/mol. The van der Waals surface area contributed by atoms with E-state index in [4.69, 9.17) is 17.3 Å². The molecular weight excluding hydrogens is 206 g/mol. The summed E-state index contributed by atoms with van der Waals surface area (Å²) in [6, 6.07) is 8.23. The Morgan fingerprint density at radius 1 is 1.27 bits per heavy atom. The van der Waals surface area contributed by atoms with E-state index in [1.165, 1.54) is 31.2 Å². The lowest BCUT2D eigenvalue weighted by atomic mass is 9.56. The third-order valence-corrected chi connectivity index (χ3v) is 4.45. The molecule has 1 nitrogen and oxygen atoms in total. The molecular formula is C13H16ClN. The van der Waals surface area contributed by atoms with Gasteiger partial charge in [-0.05, 0) is 48.8 Å². The van der Waals surface area contributed by atoms with Crippen LogP contribution < -0.4 is 5.73 Å². The summed E-state index contributed by atoms with van der Waals surface area (Å²) in [5.74, 6) is 0. The van der Waals surface area contributed by atoms with Crippen molar-refractivity contribution in [2.24, 2.45) is 11.1 Å². The fraction of sp³-hybridized carbons (Fsp3) is 0.538. The molecule has 15 heavy (non-hydrogen) atoms. The predicted octanol–water partition coefficient (Wildman–Crippen LogP) is 3.11. The Morgan fingerprint density at radius 2 is 2.00 bits per heavy atom. The zero-order chi connectivity index (χ0) is 10.5. The number of halogens is 1. The van der Waals surface area contributed by atoms with E-state index in [9.17, 15) is 0 Å². The van der Waals surface area contributed by atoms with E-state index >= 15 is 0 Å². The van der Waals surface area contributed by atoms with Crippen LogP contribution in [0.15, 0.2) is 24.3 Å². The highest BCUT2D eigenvalue weighted by atomic mass is 35.5. The Bertz CT molecular complexity index is 387. The minimum absolute atomic E-state index is 0.237. The van der Waals surface area contributed by atoms with Crippen molar-refractivity contribution in [1.82, 2.24) is 0 Å². The molecule has 2 N–H and O–H groups in total. The quantitative estimate of drug-likeness (QED) is 0.816. The first-order chi connectivity index (χ1) is 7.18. The van der Waals surface area contributed by atoms with Gasteiger partial charge in [-0.3, -0.25) is 0 Å². The van der Waals surface area contributed by atoms with Crippen LogP contribution in [0.4, 0.5) is 0 Å². The maximum absolute atomic E-state index is 6.03. The number of hydrogen-bond donors (Lipinski definition) is 1. The fourth-order valence-corrected chi connectivity index (χ4v) is 3.39. The molecule has 0 unspecified atom stereocenters. The van der Waals surface area contributed by atoms with Crippen LogP contribution in [0.1, 0.15) is 31.2 Å². The molecule has 1 spiro atoms. The minimum atomic E-state index is 0.237. The molecule has 0 radical (unpaired) electrons. The van der Waals surface area contributed by atoms with Crippen LogP contribution in [0.3, 0.4) is 0 Å². The lowest BCUT2D eigenvalue weighted by molar-refractivity contribution is 0.126. The summed E-state index contributed by atoms with van der Waals surface area (Å²) < 4.78 is 0. The summed E-state index contributed by atoms with van der Waals surface area (Å²) in [5.41, 5.74) is 8.22. The van der Waals surface area contributed by atoms with E-state index in [1.807, 2.05) is 12.1 Å². The average Bonchev–Trinajstić information content (AvgIpc) is 2.94. The molecule has 0 atom stereocenters. The van der Waals surface area contributed by atoms with E-state index in [2.05, 4.69) is 12.1 Å². The molecule has 0 saturated heterocycles. The van der Waals surface area contributed by atoms with Gasteiger partial charge in [-0.2, -0.15) is 0 Å². The van der Waals surface area contributed by atoms with Gasteiger partial charge in [-0.15, -0.1) is 0 Å². The third kappa shape index (κ3) is 1.41. The van der Waals surface area contributed by atoms with E-state index in [-0.39, 0.29) is 5.41 Å². The summed E-state index contributed by atoms with van der Waals surface area (Å²) in [6.45, 7) is 0.759. The van der Waals surface area contributed by atoms with Gasteiger partial charge >= 0.3 is 0 Å². The van der Waals surface area contributed by atoms with Crippen molar-refractivity contribution in [2.75, 3.05) is 6.54 Å². The molecule has 1 aromatic carbocycles. The second-order valence-corrected chi connectivity index (χ2v) is 5.78. The van der Waals surface area contributed by atoms with Gasteiger partial charge in [0.2, 0.25) is 0 Å². The molecule has 3 rings (SSSR count). The molecule has 0 amide bonds. The Hall–Kier alpha value is -0.530. The monoisotopic (exact) mass is 221 g/mol. The zero-order valence-corrected chi connectivity index (χ0v) is 9.56. The van der Waals surface area contributed by atoms with E-state index in [1.54, 1.807) is 0 Å². The molecule has 0 aromatic heterocycles. The van der Waals surface area contributed by atoms with E-state index in [0.717, 1.165) is 11.6 Å². The first-order valence-electron chi connectivity index (χ1n) is 5.64. The maximum Gasteiger partial charge on any atom is 0.0408 e. The Morgan fingerprint density at radius 3 is 2.53 bits per heavy atom. The topological polar surface area (TPSA) is 26.0 Å². The van der Waals surface area contributed by atoms with Crippen molar-refractivity contribution in [2.45, 2.75) is 31.1 Å². The molecule has 2 aliphatic rings. The molecule has 0 bridgehead atoms. The van der Waals surface area contributed by atoms with Crippen molar-refractivity contribution in [3.05, 3.63) is 34.9 Å². The molecule has 0 heterocycles.